The first-order valence-electron chi connectivity index (χ1n) is 5.00. The van der Waals surface area contributed by atoms with Crippen LogP contribution in [0.1, 0.15) is 46.0 Å². The zero-order valence-electron chi connectivity index (χ0n) is 8.21. The van der Waals surface area contributed by atoms with Crippen LogP contribution in [0, 0.1) is 5.92 Å². The first kappa shape index (κ1) is 9.79. The van der Waals surface area contributed by atoms with E-state index < -0.39 is 5.60 Å². The lowest BCUT2D eigenvalue weighted by Gasteiger charge is -2.19. The lowest BCUT2D eigenvalue weighted by atomic mass is 9.88. The molecule has 1 saturated carbocycles. The van der Waals surface area contributed by atoms with Crippen molar-refractivity contribution in [3.63, 3.8) is 0 Å². The number of aliphatic hydroxyl groups is 1. The van der Waals surface area contributed by atoms with Crippen molar-refractivity contribution in [1.82, 2.24) is 0 Å². The highest BCUT2D eigenvalue weighted by atomic mass is 16.3. The molecule has 0 amide bonds. The molecule has 1 rings (SSSR count). The molecule has 1 fully saturated rings. The summed E-state index contributed by atoms with van der Waals surface area (Å²) in [6.07, 6.45) is 10.9. The predicted octanol–water partition coefficient (Wildman–Crippen LogP) is 2.89. The van der Waals surface area contributed by atoms with Gasteiger partial charge in [-0.3, -0.25) is 0 Å². The van der Waals surface area contributed by atoms with Crippen molar-refractivity contribution >= 4 is 0 Å². The minimum Gasteiger partial charge on any atom is -0.386 e. The average molecular weight is 168 g/mol. The standard InChI is InChI=1S/C11H20O/c1-11(2,12)9-8-10-6-4-3-5-7-10/h8-10,12H,3-7H2,1-2H3. The fourth-order valence-electron chi connectivity index (χ4n) is 1.70. The van der Waals surface area contributed by atoms with Crippen molar-refractivity contribution in [3.05, 3.63) is 12.2 Å². The first-order chi connectivity index (χ1) is 5.58. The molecule has 12 heavy (non-hydrogen) atoms. The average Bonchev–Trinajstić information content (AvgIpc) is 2.02. The molecule has 1 aliphatic rings. The highest BCUT2D eigenvalue weighted by Crippen LogP contribution is 2.25. The maximum atomic E-state index is 9.46. The van der Waals surface area contributed by atoms with Crippen LogP contribution in [0.15, 0.2) is 12.2 Å². The Kier molecular flexibility index (Phi) is 3.33. The summed E-state index contributed by atoms with van der Waals surface area (Å²) < 4.78 is 0. The molecule has 0 aromatic heterocycles. The Morgan fingerprint density at radius 3 is 2.25 bits per heavy atom. The Morgan fingerprint density at radius 1 is 1.17 bits per heavy atom. The fourth-order valence-corrected chi connectivity index (χ4v) is 1.70. The van der Waals surface area contributed by atoms with Gasteiger partial charge in [0.2, 0.25) is 0 Å². The molecular weight excluding hydrogens is 148 g/mol. The molecule has 0 saturated heterocycles. The van der Waals surface area contributed by atoms with Gasteiger partial charge in [0, 0.05) is 0 Å². The van der Waals surface area contributed by atoms with Crippen LogP contribution >= 0.6 is 0 Å². The van der Waals surface area contributed by atoms with E-state index in [1.54, 1.807) is 0 Å². The van der Waals surface area contributed by atoms with Gasteiger partial charge in [0.05, 0.1) is 5.60 Å². The lowest BCUT2D eigenvalue weighted by Crippen LogP contribution is -2.15. The smallest absolute Gasteiger partial charge is 0.0771 e. The lowest BCUT2D eigenvalue weighted by molar-refractivity contribution is 0.132. The summed E-state index contributed by atoms with van der Waals surface area (Å²) in [5.41, 5.74) is -0.628. The normalized spacial score (nSPS) is 21.9. The highest BCUT2D eigenvalue weighted by Gasteiger charge is 2.12. The van der Waals surface area contributed by atoms with E-state index in [0.717, 1.165) is 5.92 Å². The number of allylic oxidation sites excluding steroid dienone is 1. The van der Waals surface area contributed by atoms with E-state index in [1.807, 2.05) is 19.9 Å². The van der Waals surface area contributed by atoms with Crippen LogP contribution in [0.25, 0.3) is 0 Å². The van der Waals surface area contributed by atoms with Gasteiger partial charge in [-0.15, -0.1) is 0 Å². The second-order valence-corrected chi connectivity index (χ2v) is 4.41. The van der Waals surface area contributed by atoms with Crippen LogP contribution in [-0.4, -0.2) is 10.7 Å². The van der Waals surface area contributed by atoms with Crippen LogP contribution in [-0.2, 0) is 0 Å². The van der Waals surface area contributed by atoms with Gasteiger partial charge in [-0.05, 0) is 32.6 Å². The van der Waals surface area contributed by atoms with E-state index in [9.17, 15) is 5.11 Å². The number of hydrogen-bond acceptors (Lipinski definition) is 1. The summed E-state index contributed by atoms with van der Waals surface area (Å²) in [5, 5.41) is 9.46. The molecule has 0 heterocycles. The summed E-state index contributed by atoms with van der Waals surface area (Å²) in [6.45, 7) is 3.65. The van der Waals surface area contributed by atoms with Gasteiger partial charge in [-0.1, -0.05) is 31.4 Å². The van der Waals surface area contributed by atoms with E-state index in [1.165, 1.54) is 32.1 Å². The molecule has 0 bridgehead atoms. The largest absolute Gasteiger partial charge is 0.386 e. The van der Waals surface area contributed by atoms with Crippen molar-refractivity contribution in [2.24, 2.45) is 5.92 Å². The molecule has 0 aromatic rings. The topological polar surface area (TPSA) is 20.2 Å². The van der Waals surface area contributed by atoms with Gasteiger partial charge in [-0.2, -0.15) is 0 Å². The minimum absolute atomic E-state index is 0.628. The van der Waals surface area contributed by atoms with Crippen LogP contribution < -0.4 is 0 Å². The van der Waals surface area contributed by atoms with E-state index in [-0.39, 0.29) is 0 Å². The van der Waals surface area contributed by atoms with Gasteiger partial charge >= 0.3 is 0 Å². The van der Waals surface area contributed by atoms with Gasteiger partial charge in [0.1, 0.15) is 0 Å². The van der Waals surface area contributed by atoms with Crippen LogP contribution in [0.5, 0.6) is 0 Å². The highest BCUT2D eigenvalue weighted by molar-refractivity contribution is 4.98. The zero-order valence-corrected chi connectivity index (χ0v) is 8.21. The third-order valence-corrected chi connectivity index (χ3v) is 2.43. The van der Waals surface area contributed by atoms with Gasteiger partial charge < -0.3 is 5.11 Å². The molecule has 1 aliphatic carbocycles. The van der Waals surface area contributed by atoms with Crippen molar-refractivity contribution in [3.8, 4) is 0 Å². The Bertz CT molecular complexity index is 147. The van der Waals surface area contributed by atoms with E-state index >= 15 is 0 Å². The van der Waals surface area contributed by atoms with E-state index in [2.05, 4.69) is 6.08 Å². The monoisotopic (exact) mass is 168 g/mol. The van der Waals surface area contributed by atoms with Gasteiger partial charge in [0.15, 0.2) is 0 Å². The van der Waals surface area contributed by atoms with Crippen LogP contribution in [0.4, 0.5) is 0 Å². The van der Waals surface area contributed by atoms with Crippen molar-refractivity contribution in [2.75, 3.05) is 0 Å². The van der Waals surface area contributed by atoms with Gasteiger partial charge in [0.25, 0.3) is 0 Å². The van der Waals surface area contributed by atoms with Crippen molar-refractivity contribution in [1.29, 1.82) is 0 Å². The fraction of sp³-hybridized carbons (Fsp3) is 0.818. The molecule has 0 aliphatic heterocycles. The Labute approximate surface area is 75.5 Å². The molecule has 0 radical (unpaired) electrons. The number of rotatable bonds is 2. The summed E-state index contributed by atoms with van der Waals surface area (Å²) in [5.74, 6) is 0.727. The molecule has 70 valence electrons. The van der Waals surface area contributed by atoms with E-state index in [0.29, 0.717) is 0 Å². The summed E-state index contributed by atoms with van der Waals surface area (Å²) in [6, 6.07) is 0. The molecule has 1 N–H and O–H groups in total. The zero-order chi connectivity index (χ0) is 9.03. The SMILES string of the molecule is CC(C)(O)C=CC1CCCCC1. The van der Waals surface area contributed by atoms with Crippen LogP contribution in [0.2, 0.25) is 0 Å². The molecule has 0 atom stereocenters. The molecule has 1 nitrogen and oxygen atoms in total. The predicted molar refractivity (Wildman–Crippen MR) is 52.0 cm³/mol. The second kappa shape index (κ2) is 4.08. The summed E-state index contributed by atoms with van der Waals surface area (Å²) >= 11 is 0. The third kappa shape index (κ3) is 3.91. The Hall–Kier alpha value is -0.300. The van der Waals surface area contributed by atoms with Crippen molar-refractivity contribution in [2.45, 2.75) is 51.6 Å². The summed E-state index contributed by atoms with van der Waals surface area (Å²) in [4.78, 5) is 0. The molecular formula is C11H20O. The maximum absolute atomic E-state index is 9.46. The maximum Gasteiger partial charge on any atom is 0.0771 e. The Morgan fingerprint density at radius 2 is 1.75 bits per heavy atom. The molecule has 0 unspecified atom stereocenters. The van der Waals surface area contributed by atoms with Gasteiger partial charge in [-0.25, -0.2) is 0 Å². The quantitative estimate of drug-likeness (QED) is 0.629. The Balaban J connectivity index is 2.33. The molecule has 1 heteroatoms. The summed E-state index contributed by atoms with van der Waals surface area (Å²) in [7, 11) is 0. The van der Waals surface area contributed by atoms with Crippen molar-refractivity contribution < 1.29 is 5.11 Å². The first-order valence-corrected chi connectivity index (χ1v) is 5.00. The minimum atomic E-state index is -0.628. The molecule has 0 aromatic carbocycles. The van der Waals surface area contributed by atoms with Crippen LogP contribution in [0.3, 0.4) is 0 Å². The van der Waals surface area contributed by atoms with E-state index in [4.69, 9.17) is 0 Å². The number of hydrogen-bond donors (Lipinski definition) is 1. The molecule has 0 spiro atoms. The third-order valence-electron chi connectivity index (χ3n) is 2.43. The second-order valence-electron chi connectivity index (χ2n) is 4.41.